The van der Waals surface area contributed by atoms with Crippen molar-refractivity contribution in [3.63, 3.8) is 0 Å². The quantitative estimate of drug-likeness (QED) is 0.427. The minimum absolute atomic E-state index is 0. The van der Waals surface area contributed by atoms with Gasteiger partial charge in [-0.1, -0.05) is 0 Å². The van der Waals surface area contributed by atoms with Crippen molar-refractivity contribution < 1.29 is 8.78 Å². The molecule has 0 aromatic carbocycles. The van der Waals surface area contributed by atoms with Gasteiger partial charge < -0.3 is 15.6 Å². The minimum Gasteiger partial charge on any atom is -0.356 e. The van der Waals surface area contributed by atoms with Gasteiger partial charge in [0.05, 0.1) is 16.6 Å². The van der Waals surface area contributed by atoms with E-state index in [2.05, 4.69) is 46.7 Å². The number of fused-ring (bicyclic) bond motifs is 1. The maximum atomic E-state index is 12.9. The van der Waals surface area contributed by atoms with Crippen LogP contribution in [0.2, 0.25) is 0 Å². The topological polar surface area (TPSA) is 78.5 Å². The third-order valence-electron chi connectivity index (χ3n) is 3.68. The van der Waals surface area contributed by atoms with Gasteiger partial charge in [-0.3, -0.25) is 0 Å². The molecule has 142 valence electrons. The van der Waals surface area contributed by atoms with E-state index < -0.39 is 6.43 Å². The van der Waals surface area contributed by atoms with Crippen molar-refractivity contribution in [2.24, 2.45) is 0 Å². The van der Waals surface area contributed by atoms with Crippen molar-refractivity contribution >= 4 is 56.8 Å². The number of alkyl halides is 2. The molecule has 0 radical (unpaired) electrons. The second-order valence-electron chi connectivity index (χ2n) is 5.44. The van der Waals surface area contributed by atoms with Gasteiger partial charge in [0.25, 0.3) is 6.43 Å². The van der Waals surface area contributed by atoms with Crippen molar-refractivity contribution in [1.29, 1.82) is 0 Å². The summed E-state index contributed by atoms with van der Waals surface area (Å²) in [6, 6.07) is 1.82. The maximum absolute atomic E-state index is 12.9. The van der Waals surface area contributed by atoms with Gasteiger partial charge in [-0.15, -0.1) is 28.8 Å². The predicted octanol–water partition coefficient (Wildman–Crippen LogP) is 4.44. The fourth-order valence-electron chi connectivity index (χ4n) is 2.34. The lowest BCUT2D eigenvalue weighted by atomic mass is 10.2. The number of anilines is 1. The van der Waals surface area contributed by atoms with Crippen LogP contribution in [0.15, 0.2) is 16.7 Å². The van der Waals surface area contributed by atoms with Crippen LogP contribution in [-0.4, -0.2) is 33.3 Å². The Hall–Kier alpha value is -1.36. The largest absolute Gasteiger partial charge is 0.356 e. The van der Waals surface area contributed by atoms with Gasteiger partial charge in [0.1, 0.15) is 0 Å². The molecule has 0 aliphatic carbocycles. The van der Waals surface area contributed by atoms with Gasteiger partial charge in [-0.05, 0) is 47.4 Å². The van der Waals surface area contributed by atoms with Crippen LogP contribution < -0.4 is 10.6 Å². The van der Waals surface area contributed by atoms with Crippen molar-refractivity contribution in [2.75, 3.05) is 18.4 Å². The Labute approximate surface area is 167 Å². The first-order valence-electron chi connectivity index (χ1n) is 7.74. The van der Waals surface area contributed by atoms with Crippen molar-refractivity contribution in [3.8, 4) is 0 Å². The van der Waals surface area contributed by atoms with Crippen LogP contribution in [0.4, 0.5) is 14.7 Å². The third kappa shape index (κ3) is 4.87. The molecule has 0 atom stereocenters. The third-order valence-corrected chi connectivity index (χ3v) is 6.26. The van der Waals surface area contributed by atoms with Crippen LogP contribution in [-0.2, 0) is 6.54 Å². The number of aromatic nitrogens is 4. The number of hydrogen-bond donors (Lipinski definition) is 3. The number of hydrogen-bond acceptors (Lipinski definition) is 6. The number of thiophene rings is 1. The predicted molar refractivity (Wildman–Crippen MR) is 105 cm³/mol. The number of H-pyrrole nitrogens is 1. The molecule has 0 saturated carbocycles. The molecule has 0 aliphatic heterocycles. The fraction of sp³-hybridized carbons (Fsp3) is 0.400. The number of rotatable bonds is 8. The first-order chi connectivity index (χ1) is 12.1. The van der Waals surface area contributed by atoms with E-state index in [-0.39, 0.29) is 17.3 Å². The van der Waals surface area contributed by atoms with E-state index in [0.29, 0.717) is 22.6 Å². The second-order valence-corrected chi connectivity index (χ2v) is 7.37. The zero-order valence-corrected chi connectivity index (χ0v) is 17.1. The molecule has 6 nitrogen and oxygen atoms in total. The number of nitrogens with one attached hydrogen (secondary N) is 3. The smallest absolute Gasteiger partial charge is 0.273 e. The summed E-state index contributed by atoms with van der Waals surface area (Å²) in [6.07, 6.45) is 0.0405. The van der Waals surface area contributed by atoms with Crippen molar-refractivity contribution in [2.45, 2.75) is 26.3 Å². The lowest BCUT2D eigenvalue weighted by Crippen LogP contribution is -2.17. The summed E-state index contributed by atoms with van der Waals surface area (Å²) >= 11 is 4.40. The summed E-state index contributed by atoms with van der Waals surface area (Å²) in [5.41, 5.74) is 2.30. The monoisotopic (exact) mass is 466 g/mol. The highest BCUT2D eigenvalue weighted by molar-refractivity contribution is 9.10. The van der Waals surface area contributed by atoms with Crippen LogP contribution in [0.5, 0.6) is 0 Å². The highest BCUT2D eigenvalue weighted by atomic mass is 79.9. The van der Waals surface area contributed by atoms with Crippen LogP contribution in [0.1, 0.15) is 28.2 Å². The van der Waals surface area contributed by atoms with Gasteiger partial charge >= 0.3 is 0 Å². The standard InChI is InChI=1S/C15H17BrF2N6S.ClH/c1-8-10(25-12(11(8)16)13(17)18)7-19-4-2-5-20-15-22-9-3-6-21-24-14(9)23-15;/h3,6,13,19H,2,4-5,7H2,1H3,(H2,20,22,23,24);1H. The molecule has 3 rings (SSSR count). The molecule has 0 bridgehead atoms. The van der Waals surface area contributed by atoms with Gasteiger partial charge in [-0.25, -0.2) is 8.78 Å². The Kier molecular flexibility index (Phi) is 7.69. The molecule has 3 aromatic rings. The highest BCUT2D eigenvalue weighted by Crippen LogP contribution is 2.38. The van der Waals surface area contributed by atoms with E-state index in [1.165, 1.54) is 0 Å². The summed E-state index contributed by atoms with van der Waals surface area (Å²) in [6.45, 7) is 3.94. The SMILES string of the molecule is Cc1c(CNCCCNc2nc3nnccc3[nH]2)sc(C(F)F)c1Br.Cl. The normalized spacial score (nSPS) is 11.1. The Bertz CT molecular complexity index is 823. The van der Waals surface area contributed by atoms with E-state index in [0.717, 1.165) is 46.8 Å². The van der Waals surface area contributed by atoms with E-state index in [1.807, 2.05) is 13.0 Å². The second kappa shape index (κ2) is 9.54. The highest BCUT2D eigenvalue weighted by Gasteiger charge is 2.19. The molecule has 0 fully saturated rings. The molecule has 3 aromatic heterocycles. The fourth-order valence-corrected chi connectivity index (χ4v) is 4.15. The van der Waals surface area contributed by atoms with E-state index >= 15 is 0 Å². The van der Waals surface area contributed by atoms with Crippen molar-refractivity contribution in [3.05, 3.63) is 32.1 Å². The number of aromatic amines is 1. The van der Waals surface area contributed by atoms with Crippen LogP contribution in [0.3, 0.4) is 0 Å². The van der Waals surface area contributed by atoms with Crippen LogP contribution in [0.25, 0.3) is 11.2 Å². The molecular weight excluding hydrogens is 450 g/mol. The maximum Gasteiger partial charge on any atom is 0.273 e. The Balaban J connectivity index is 0.00000243. The Morgan fingerprint density at radius 1 is 1.35 bits per heavy atom. The lowest BCUT2D eigenvalue weighted by Gasteiger charge is -2.05. The molecule has 26 heavy (non-hydrogen) atoms. The molecule has 0 aliphatic rings. The average molecular weight is 468 g/mol. The number of nitrogens with zero attached hydrogens (tertiary/aromatic N) is 3. The van der Waals surface area contributed by atoms with E-state index in [4.69, 9.17) is 0 Å². The van der Waals surface area contributed by atoms with Crippen LogP contribution >= 0.6 is 39.7 Å². The van der Waals surface area contributed by atoms with E-state index in [9.17, 15) is 8.78 Å². The average Bonchev–Trinajstić information content (AvgIpc) is 3.13. The van der Waals surface area contributed by atoms with Gasteiger partial charge in [-0.2, -0.15) is 10.1 Å². The molecule has 0 spiro atoms. The van der Waals surface area contributed by atoms with Gasteiger partial charge in [0.2, 0.25) is 11.6 Å². The van der Waals surface area contributed by atoms with Gasteiger partial charge in [0.15, 0.2) is 0 Å². The Morgan fingerprint density at radius 2 is 2.15 bits per heavy atom. The molecule has 3 heterocycles. The first-order valence-corrected chi connectivity index (χ1v) is 9.35. The first kappa shape index (κ1) is 20.9. The molecule has 0 unspecified atom stereocenters. The summed E-state index contributed by atoms with van der Waals surface area (Å²) < 4.78 is 26.3. The zero-order chi connectivity index (χ0) is 17.8. The van der Waals surface area contributed by atoms with Crippen molar-refractivity contribution in [1.82, 2.24) is 25.5 Å². The zero-order valence-electron chi connectivity index (χ0n) is 13.9. The summed E-state index contributed by atoms with van der Waals surface area (Å²) in [5, 5.41) is 14.2. The molecule has 0 saturated heterocycles. The van der Waals surface area contributed by atoms with Gasteiger partial charge in [0, 0.05) is 22.4 Å². The number of halogens is 4. The van der Waals surface area contributed by atoms with E-state index in [1.54, 1.807) is 6.20 Å². The summed E-state index contributed by atoms with van der Waals surface area (Å²) in [7, 11) is 0. The molecule has 3 N–H and O–H groups in total. The summed E-state index contributed by atoms with van der Waals surface area (Å²) in [4.78, 5) is 8.44. The molecule has 11 heteroatoms. The number of imidazole rings is 1. The summed E-state index contributed by atoms with van der Waals surface area (Å²) in [5.74, 6) is 0.662. The van der Waals surface area contributed by atoms with Crippen LogP contribution in [0, 0.1) is 6.92 Å². The minimum atomic E-state index is -2.44. The lowest BCUT2D eigenvalue weighted by molar-refractivity contribution is 0.155. The Morgan fingerprint density at radius 3 is 2.85 bits per heavy atom. The molecule has 0 amide bonds. The molecular formula is C15H18BrClF2N6S.